The molecule has 9 heteroatoms. The van der Waals surface area contributed by atoms with Gasteiger partial charge in [-0.1, -0.05) is 24.3 Å². The number of piperazine rings is 1. The molecular weight excluding hydrogens is 514 g/mol. The van der Waals surface area contributed by atoms with Gasteiger partial charge in [0.2, 0.25) is 5.91 Å². The van der Waals surface area contributed by atoms with Gasteiger partial charge in [0, 0.05) is 68.9 Å². The monoisotopic (exact) mass is 547 g/mol. The zero-order valence-electron chi connectivity index (χ0n) is 23.2. The Balaban J connectivity index is 1.14. The Morgan fingerprint density at radius 3 is 2.56 bits per heavy atom. The van der Waals surface area contributed by atoms with E-state index in [9.17, 15) is 9.59 Å². The van der Waals surface area contributed by atoms with Crippen LogP contribution in [0.3, 0.4) is 0 Å². The summed E-state index contributed by atoms with van der Waals surface area (Å²) in [6, 6.07) is 22.0. The van der Waals surface area contributed by atoms with Gasteiger partial charge in [-0.25, -0.2) is 4.98 Å². The van der Waals surface area contributed by atoms with E-state index in [1.807, 2.05) is 48.5 Å². The van der Waals surface area contributed by atoms with Gasteiger partial charge in [0.1, 0.15) is 5.92 Å². The Labute approximate surface area is 239 Å². The van der Waals surface area contributed by atoms with Gasteiger partial charge in [-0.15, -0.1) is 0 Å². The van der Waals surface area contributed by atoms with E-state index >= 15 is 0 Å². The summed E-state index contributed by atoms with van der Waals surface area (Å²) in [5.41, 5.74) is 6.59. The third-order valence-corrected chi connectivity index (χ3v) is 7.70. The lowest BCUT2D eigenvalue weighted by molar-refractivity contribution is -0.115. The molecule has 9 nitrogen and oxygen atoms in total. The minimum Gasteiger partial charge on any atom is -0.369 e. The number of aliphatic imine (C=N–C) groups is 1. The second kappa shape index (κ2) is 11.4. The van der Waals surface area contributed by atoms with Gasteiger partial charge in [0.05, 0.1) is 5.69 Å². The molecule has 2 aliphatic heterocycles. The van der Waals surface area contributed by atoms with E-state index in [4.69, 9.17) is 0 Å². The zero-order valence-corrected chi connectivity index (χ0v) is 23.2. The van der Waals surface area contributed by atoms with Crippen molar-refractivity contribution < 1.29 is 9.59 Å². The normalized spacial score (nSPS) is 17.1. The maximum atomic E-state index is 12.8. The molecule has 6 rings (SSSR count). The van der Waals surface area contributed by atoms with Crippen LogP contribution in [0.1, 0.15) is 33.2 Å². The van der Waals surface area contributed by atoms with Crippen LogP contribution >= 0.6 is 0 Å². The Hall–Kier alpha value is -4.76. The first-order valence-corrected chi connectivity index (χ1v) is 13.8. The summed E-state index contributed by atoms with van der Waals surface area (Å²) in [6.45, 7) is 4.16. The van der Waals surface area contributed by atoms with Gasteiger partial charge < -0.3 is 25.0 Å². The Morgan fingerprint density at radius 2 is 1.80 bits per heavy atom. The number of aryl methyl sites for hydroxylation is 1. The number of hydrogen-bond acceptors (Lipinski definition) is 6. The number of carbonyl (C=O) groups is 2. The van der Waals surface area contributed by atoms with Gasteiger partial charge in [-0.3, -0.25) is 14.6 Å². The Bertz CT molecular complexity index is 1600. The average molecular weight is 548 g/mol. The molecule has 2 aliphatic rings. The van der Waals surface area contributed by atoms with Crippen LogP contribution in [0.2, 0.25) is 0 Å². The van der Waals surface area contributed by atoms with E-state index in [0.717, 1.165) is 54.2 Å². The van der Waals surface area contributed by atoms with E-state index in [1.165, 1.54) is 5.69 Å². The molecule has 2 N–H and O–H groups in total. The third-order valence-electron chi connectivity index (χ3n) is 7.70. The predicted octanol–water partition coefficient (Wildman–Crippen LogP) is 4.45. The van der Waals surface area contributed by atoms with Crippen molar-refractivity contribution in [1.82, 2.24) is 14.5 Å². The number of imidazole rings is 1. The van der Waals surface area contributed by atoms with Crippen LogP contribution < -0.4 is 15.5 Å². The molecule has 0 saturated carbocycles. The van der Waals surface area contributed by atoms with Crippen LogP contribution in [0.25, 0.3) is 0 Å². The van der Waals surface area contributed by atoms with Gasteiger partial charge in [0.25, 0.3) is 5.91 Å². The van der Waals surface area contributed by atoms with E-state index < -0.39 is 5.92 Å². The summed E-state index contributed by atoms with van der Waals surface area (Å²) in [5, 5.41) is 5.91. The van der Waals surface area contributed by atoms with Crippen molar-refractivity contribution in [2.75, 3.05) is 48.8 Å². The lowest BCUT2D eigenvalue weighted by atomic mass is 9.96. The van der Waals surface area contributed by atoms with Gasteiger partial charge in [0.15, 0.2) is 5.82 Å². The van der Waals surface area contributed by atoms with Crippen LogP contribution in [0.4, 0.5) is 22.7 Å². The molecule has 0 aliphatic carbocycles. The highest BCUT2D eigenvalue weighted by atomic mass is 16.2. The van der Waals surface area contributed by atoms with Gasteiger partial charge in [-0.05, 0) is 72.6 Å². The highest BCUT2D eigenvalue weighted by Gasteiger charge is 2.29. The van der Waals surface area contributed by atoms with E-state index in [2.05, 4.69) is 55.7 Å². The molecule has 1 saturated heterocycles. The minimum atomic E-state index is -0.453. The molecule has 0 spiro atoms. The molecule has 1 fully saturated rings. The fraction of sp³-hybridized carbons (Fsp3) is 0.250. The molecule has 2 amide bonds. The number of nitrogens with zero attached hydrogens (tertiary/aromatic N) is 5. The average Bonchev–Trinajstić information content (AvgIpc) is 3.54. The van der Waals surface area contributed by atoms with Crippen LogP contribution in [-0.4, -0.2) is 65.7 Å². The molecule has 208 valence electrons. The molecule has 3 aromatic carbocycles. The lowest BCUT2D eigenvalue weighted by Crippen LogP contribution is -2.44. The summed E-state index contributed by atoms with van der Waals surface area (Å²) >= 11 is 0. The second-order valence-electron chi connectivity index (χ2n) is 10.7. The first kappa shape index (κ1) is 26.5. The molecular formula is C32H33N7O2. The Kier molecular flexibility index (Phi) is 7.35. The standard InChI is InChI=1S/C32H33N7O2/c1-37-14-16-39(17-15-37)26-9-7-24(8-10-26)34-21-28-27-20-23(6-11-29(27)36-31(28)40)18-22-4-3-5-25(19-22)35-32(41)30-33-12-13-38(30)2/h3-13,19-21,28H,14-18H2,1-2H3,(H,35,41)(H,36,40). The number of fused-ring (bicyclic) bond motifs is 1. The number of likely N-dealkylation sites (N-methyl/N-ethyl adjacent to an activating group) is 1. The van der Waals surface area contributed by atoms with E-state index in [-0.39, 0.29) is 11.8 Å². The van der Waals surface area contributed by atoms with Crippen LogP contribution in [0, 0.1) is 0 Å². The molecule has 3 heterocycles. The fourth-order valence-corrected chi connectivity index (χ4v) is 5.33. The SMILES string of the molecule is CN1CCN(c2ccc(N=CC3C(=O)Nc4ccc(Cc5cccc(NC(=O)c6nccn6C)c5)cc43)cc2)CC1. The van der Waals surface area contributed by atoms with E-state index in [1.54, 1.807) is 30.2 Å². The quantitative estimate of drug-likeness (QED) is 0.334. The number of benzene rings is 3. The molecule has 1 atom stereocenters. The van der Waals surface area contributed by atoms with Crippen molar-refractivity contribution in [3.63, 3.8) is 0 Å². The molecule has 0 radical (unpaired) electrons. The van der Waals surface area contributed by atoms with Crippen molar-refractivity contribution in [3.8, 4) is 0 Å². The summed E-state index contributed by atoms with van der Waals surface area (Å²) in [7, 11) is 3.94. The molecule has 1 aromatic heterocycles. The number of carbonyl (C=O) groups excluding carboxylic acids is 2. The first-order valence-electron chi connectivity index (χ1n) is 13.8. The van der Waals surface area contributed by atoms with Crippen LogP contribution in [0.5, 0.6) is 0 Å². The number of hydrogen-bond donors (Lipinski definition) is 2. The Morgan fingerprint density at radius 1 is 1.02 bits per heavy atom. The van der Waals surface area contributed by atoms with Crippen molar-refractivity contribution in [3.05, 3.63) is 102 Å². The largest absolute Gasteiger partial charge is 0.369 e. The lowest BCUT2D eigenvalue weighted by Gasteiger charge is -2.34. The number of rotatable bonds is 7. The van der Waals surface area contributed by atoms with Crippen molar-refractivity contribution in [2.24, 2.45) is 12.0 Å². The zero-order chi connectivity index (χ0) is 28.3. The second-order valence-corrected chi connectivity index (χ2v) is 10.7. The third kappa shape index (κ3) is 5.90. The molecule has 0 bridgehead atoms. The highest BCUT2D eigenvalue weighted by molar-refractivity contribution is 6.12. The molecule has 1 unspecified atom stereocenters. The number of nitrogens with one attached hydrogen (secondary N) is 2. The number of aromatic nitrogens is 2. The van der Waals surface area contributed by atoms with Gasteiger partial charge in [-0.2, -0.15) is 0 Å². The smallest absolute Gasteiger partial charge is 0.291 e. The topological polar surface area (TPSA) is 94.9 Å². The fourth-order valence-electron chi connectivity index (χ4n) is 5.33. The summed E-state index contributed by atoms with van der Waals surface area (Å²) < 4.78 is 1.68. The number of anilines is 3. The minimum absolute atomic E-state index is 0.0750. The summed E-state index contributed by atoms with van der Waals surface area (Å²) in [6.07, 6.45) is 5.73. The number of amides is 2. The van der Waals surface area contributed by atoms with E-state index in [0.29, 0.717) is 17.9 Å². The van der Waals surface area contributed by atoms with Crippen LogP contribution in [-0.2, 0) is 18.3 Å². The molecule has 4 aromatic rings. The predicted molar refractivity (Wildman–Crippen MR) is 163 cm³/mol. The first-order chi connectivity index (χ1) is 19.9. The van der Waals surface area contributed by atoms with Crippen molar-refractivity contribution in [2.45, 2.75) is 12.3 Å². The highest BCUT2D eigenvalue weighted by Crippen LogP contribution is 2.33. The maximum absolute atomic E-state index is 12.8. The van der Waals surface area contributed by atoms with Crippen LogP contribution in [0.15, 0.2) is 84.1 Å². The van der Waals surface area contributed by atoms with Gasteiger partial charge >= 0.3 is 0 Å². The summed E-state index contributed by atoms with van der Waals surface area (Å²) in [5.74, 6) is -0.433. The summed E-state index contributed by atoms with van der Waals surface area (Å²) in [4.78, 5) is 38.9. The van der Waals surface area contributed by atoms with Crippen molar-refractivity contribution in [1.29, 1.82) is 0 Å². The van der Waals surface area contributed by atoms with Crippen molar-refractivity contribution >= 4 is 40.8 Å². The maximum Gasteiger partial charge on any atom is 0.291 e. The molecule has 41 heavy (non-hydrogen) atoms.